The van der Waals surface area contributed by atoms with Crippen LogP contribution in [0.3, 0.4) is 0 Å². The molecule has 106 valence electrons. The van der Waals surface area contributed by atoms with Crippen LogP contribution in [-0.4, -0.2) is 6.61 Å². The summed E-state index contributed by atoms with van der Waals surface area (Å²) in [5, 5.41) is 0. The Balaban J connectivity index is 2.33. The zero-order valence-corrected chi connectivity index (χ0v) is 15.1. The van der Waals surface area contributed by atoms with Crippen molar-refractivity contribution >= 4 is 31.9 Å². The topological polar surface area (TPSA) is 9.23 Å². The highest BCUT2D eigenvalue weighted by molar-refractivity contribution is 9.10. The molecule has 0 saturated carbocycles. The molecule has 0 bridgehead atoms. The number of benzene rings is 2. The van der Waals surface area contributed by atoms with Crippen LogP contribution in [0.5, 0.6) is 5.75 Å². The van der Waals surface area contributed by atoms with E-state index in [4.69, 9.17) is 4.74 Å². The number of aryl methyl sites for hydroxylation is 2. The second kappa shape index (κ2) is 6.77. The maximum absolute atomic E-state index is 5.55. The molecule has 2 aromatic carbocycles. The number of rotatable bonds is 4. The van der Waals surface area contributed by atoms with Crippen molar-refractivity contribution in [3.8, 4) is 5.75 Å². The molecule has 0 N–H and O–H groups in total. The van der Waals surface area contributed by atoms with Crippen molar-refractivity contribution in [2.75, 3.05) is 6.61 Å². The predicted octanol–water partition coefficient (Wildman–Crippen LogP) is 5.95. The second-order valence-electron chi connectivity index (χ2n) is 4.85. The standard InChI is InChI=1S/C17H18Br2O/c1-4-20-16-8-6-13(10-15(16)18)17(19)14-7-5-11(2)9-12(14)3/h5-10,17H,4H2,1-3H3. The zero-order chi connectivity index (χ0) is 14.7. The number of hydrogen-bond acceptors (Lipinski definition) is 1. The lowest BCUT2D eigenvalue weighted by Crippen LogP contribution is -1.98. The number of hydrogen-bond donors (Lipinski definition) is 0. The summed E-state index contributed by atoms with van der Waals surface area (Å²) in [4.78, 5) is 0.190. The summed E-state index contributed by atoms with van der Waals surface area (Å²) < 4.78 is 6.55. The molecule has 0 amide bonds. The van der Waals surface area contributed by atoms with E-state index in [9.17, 15) is 0 Å². The molecule has 1 nitrogen and oxygen atoms in total. The fourth-order valence-corrected chi connectivity index (χ4v) is 3.55. The van der Waals surface area contributed by atoms with Crippen LogP contribution in [0, 0.1) is 13.8 Å². The Morgan fingerprint density at radius 2 is 1.85 bits per heavy atom. The molecule has 1 unspecified atom stereocenters. The summed E-state index contributed by atoms with van der Waals surface area (Å²) >= 11 is 7.38. The fourth-order valence-electron chi connectivity index (χ4n) is 2.24. The Labute approximate surface area is 137 Å². The van der Waals surface area contributed by atoms with Crippen LogP contribution in [0.25, 0.3) is 0 Å². The van der Waals surface area contributed by atoms with Crippen molar-refractivity contribution in [2.24, 2.45) is 0 Å². The van der Waals surface area contributed by atoms with E-state index in [2.05, 4.69) is 76.0 Å². The molecule has 0 saturated heterocycles. The van der Waals surface area contributed by atoms with Crippen molar-refractivity contribution in [1.82, 2.24) is 0 Å². The fraction of sp³-hybridized carbons (Fsp3) is 0.294. The van der Waals surface area contributed by atoms with E-state index in [1.165, 1.54) is 22.3 Å². The first-order valence-electron chi connectivity index (χ1n) is 6.66. The van der Waals surface area contributed by atoms with Crippen molar-refractivity contribution < 1.29 is 4.74 Å². The Morgan fingerprint density at radius 3 is 2.45 bits per heavy atom. The maximum atomic E-state index is 5.55. The average molecular weight is 398 g/mol. The van der Waals surface area contributed by atoms with Gasteiger partial charge in [0.15, 0.2) is 0 Å². The Hall–Kier alpha value is -0.800. The lowest BCUT2D eigenvalue weighted by molar-refractivity contribution is 0.338. The van der Waals surface area contributed by atoms with E-state index in [-0.39, 0.29) is 4.83 Å². The molecule has 0 fully saturated rings. The minimum absolute atomic E-state index is 0.190. The highest BCUT2D eigenvalue weighted by Gasteiger charge is 2.14. The first-order valence-corrected chi connectivity index (χ1v) is 8.37. The van der Waals surface area contributed by atoms with Crippen LogP contribution in [0.1, 0.15) is 34.0 Å². The quantitative estimate of drug-likeness (QED) is 0.579. The van der Waals surface area contributed by atoms with Gasteiger partial charge in [-0.25, -0.2) is 0 Å². The number of alkyl halides is 1. The average Bonchev–Trinajstić information content (AvgIpc) is 2.40. The van der Waals surface area contributed by atoms with E-state index >= 15 is 0 Å². The molecule has 1 atom stereocenters. The molecule has 3 heteroatoms. The lowest BCUT2D eigenvalue weighted by atomic mass is 9.99. The van der Waals surface area contributed by atoms with Gasteiger partial charge in [-0.1, -0.05) is 45.8 Å². The summed E-state index contributed by atoms with van der Waals surface area (Å²) in [5.41, 5.74) is 5.11. The molecule has 0 radical (unpaired) electrons. The maximum Gasteiger partial charge on any atom is 0.133 e. The third-order valence-corrected chi connectivity index (χ3v) is 4.89. The lowest BCUT2D eigenvalue weighted by Gasteiger charge is -2.16. The zero-order valence-electron chi connectivity index (χ0n) is 11.9. The van der Waals surface area contributed by atoms with Crippen molar-refractivity contribution in [3.63, 3.8) is 0 Å². The van der Waals surface area contributed by atoms with E-state index in [1.807, 2.05) is 13.0 Å². The molecule has 0 heterocycles. The van der Waals surface area contributed by atoms with Gasteiger partial charge in [-0.15, -0.1) is 0 Å². The van der Waals surface area contributed by atoms with Crippen LogP contribution in [0.15, 0.2) is 40.9 Å². The molecular weight excluding hydrogens is 380 g/mol. The largest absolute Gasteiger partial charge is 0.493 e. The summed E-state index contributed by atoms with van der Waals surface area (Å²) in [5.74, 6) is 0.886. The molecule has 0 aliphatic heterocycles. The summed E-state index contributed by atoms with van der Waals surface area (Å²) in [6.07, 6.45) is 0. The van der Waals surface area contributed by atoms with Gasteiger partial charge in [0.2, 0.25) is 0 Å². The van der Waals surface area contributed by atoms with Crippen molar-refractivity contribution in [3.05, 3.63) is 63.1 Å². The molecule has 0 spiro atoms. The number of halogens is 2. The van der Waals surface area contributed by atoms with Gasteiger partial charge in [0, 0.05) is 0 Å². The van der Waals surface area contributed by atoms with Crippen molar-refractivity contribution in [1.29, 1.82) is 0 Å². The Kier molecular flexibility index (Phi) is 5.28. The minimum atomic E-state index is 0.190. The summed E-state index contributed by atoms with van der Waals surface area (Å²) in [7, 11) is 0. The minimum Gasteiger partial charge on any atom is -0.493 e. The molecule has 2 rings (SSSR count). The molecule has 0 aliphatic rings. The van der Waals surface area contributed by atoms with Crippen LogP contribution >= 0.6 is 31.9 Å². The highest BCUT2D eigenvalue weighted by Crippen LogP contribution is 2.36. The summed E-state index contributed by atoms with van der Waals surface area (Å²) in [6.45, 7) is 6.93. The van der Waals surface area contributed by atoms with Gasteiger partial charge in [-0.3, -0.25) is 0 Å². The Bertz CT molecular complexity index is 608. The Morgan fingerprint density at radius 1 is 1.10 bits per heavy atom. The van der Waals surface area contributed by atoms with Gasteiger partial charge in [-0.2, -0.15) is 0 Å². The van der Waals surface area contributed by atoms with Crippen LogP contribution in [0.4, 0.5) is 0 Å². The summed E-state index contributed by atoms with van der Waals surface area (Å²) in [6, 6.07) is 12.8. The SMILES string of the molecule is CCOc1ccc(C(Br)c2ccc(C)cc2C)cc1Br. The van der Waals surface area contributed by atoms with Gasteiger partial charge < -0.3 is 4.74 Å². The first kappa shape index (κ1) is 15.6. The van der Waals surface area contributed by atoms with Gasteiger partial charge in [0.1, 0.15) is 5.75 Å². The van der Waals surface area contributed by atoms with Crippen LogP contribution < -0.4 is 4.74 Å². The van der Waals surface area contributed by atoms with Gasteiger partial charge in [0.05, 0.1) is 15.9 Å². The monoisotopic (exact) mass is 396 g/mol. The highest BCUT2D eigenvalue weighted by atomic mass is 79.9. The van der Waals surface area contributed by atoms with Gasteiger partial charge in [-0.05, 0) is 65.5 Å². The third kappa shape index (κ3) is 3.44. The molecule has 0 aliphatic carbocycles. The number of ether oxygens (including phenoxy) is 1. The van der Waals surface area contributed by atoms with E-state index in [0.717, 1.165) is 10.2 Å². The molecule has 2 aromatic rings. The second-order valence-corrected chi connectivity index (χ2v) is 6.62. The van der Waals surface area contributed by atoms with Crippen LogP contribution in [0.2, 0.25) is 0 Å². The predicted molar refractivity (Wildman–Crippen MR) is 92.0 cm³/mol. The van der Waals surface area contributed by atoms with Crippen LogP contribution in [-0.2, 0) is 0 Å². The van der Waals surface area contributed by atoms with Gasteiger partial charge >= 0.3 is 0 Å². The smallest absolute Gasteiger partial charge is 0.133 e. The van der Waals surface area contributed by atoms with E-state index < -0.39 is 0 Å². The third-order valence-electron chi connectivity index (χ3n) is 3.25. The van der Waals surface area contributed by atoms with E-state index in [0.29, 0.717) is 6.61 Å². The van der Waals surface area contributed by atoms with E-state index in [1.54, 1.807) is 0 Å². The molecular formula is C17H18Br2O. The van der Waals surface area contributed by atoms with Crippen molar-refractivity contribution in [2.45, 2.75) is 25.6 Å². The molecule has 0 aromatic heterocycles. The molecule has 20 heavy (non-hydrogen) atoms. The normalized spacial score (nSPS) is 12.2. The first-order chi connectivity index (χ1) is 9.52. The van der Waals surface area contributed by atoms with Gasteiger partial charge in [0.25, 0.3) is 0 Å².